The Bertz CT molecular complexity index is 1170. The molecule has 2 aromatic heterocycles. The van der Waals surface area contributed by atoms with E-state index in [1.54, 1.807) is 24.4 Å². The molecule has 1 amide bonds. The number of methoxy groups -OCH3 is 1. The fraction of sp³-hybridized carbons (Fsp3) is 0.167. The lowest BCUT2D eigenvalue weighted by Gasteiger charge is -2.18. The van der Waals surface area contributed by atoms with E-state index in [1.165, 1.54) is 0 Å². The molecule has 146 valence electrons. The molecule has 4 rings (SSSR count). The lowest BCUT2D eigenvalue weighted by atomic mass is 10.1. The van der Waals surface area contributed by atoms with Crippen LogP contribution in [0.5, 0.6) is 5.75 Å². The number of carbonyl (C=O) groups excluding carboxylic acids is 1. The van der Waals surface area contributed by atoms with Gasteiger partial charge >= 0.3 is 0 Å². The molecule has 29 heavy (non-hydrogen) atoms. The Hall–Kier alpha value is -3.60. The molecule has 0 aliphatic carbocycles. The average Bonchev–Trinajstić information content (AvgIpc) is 3.09. The molecule has 0 radical (unpaired) electrons. The first-order chi connectivity index (χ1) is 14.1. The summed E-state index contributed by atoms with van der Waals surface area (Å²) in [6, 6.07) is 20.0. The number of hydrogen-bond acceptors (Lipinski definition) is 3. The molecular formula is C24H23N3O2. The van der Waals surface area contributed by atoms with Gasteiger partial charge in [-0.05, 0) is 53.1 Å². The van der Waals surface area contributed by atoms with E-state index < -0.39 is 0 Å². The van der Waals surface area contributed by atoms with Gasteiger partial charge < -0.3 is 14.2 Å². The molecule has 2 aromatic carbocycles. The van der Waals surface area contributed by atoms with Gasteiger partial charge in [0, 0.05) is 43.9 Å². The van der Waals surface area contributed by atoms with Crippen LogP contribution < -0.4 is 4.74 Å². The standard InChI is InChI=1S/C24H23N3O2/c1-26(16-17-5-4-6-21(13-17)29-3)24(28)23-15-20-8-7-19(14-22(20)27(23)2)18-9-11-25-12-10-18/h4-15H,16H2,1-3H3. The van der Waals surface area contributed by atoms with E-state index in [4.69, 9.17) is 4.74 Å². The molecule has 0 saturated heterocycles. The quantitative estimate of drug-likeness (QED) is 0.507. The van der Waals surface area contributed by atoms with Crippen LogP contribution in [-0.2, 0) is 13.6 Å². The number of pyridine rings is 1. The average molecular weight is 385 g/mol. The Morgan fingerprint density at radius 1 is 1.03 bits per heavy atom. The van der Waals surface area contributed by atoms with Crippen molar-refractivity contribution in [3.05, 3.63) is 84.3 Å². The van der Waals surface area contributed by atoms with Crippen LogP contribution >= 0.6 is 0 Å². The largest absolute Gasteiger partial charge is 0.497 e. The topological polar surface area (TPSA) is 47.4 Å². The molecule has 2 heterocycles. The first-order valence-corrected chi connectivity index (χ1v) is 9.45. The number of carbonyl (C=O) groups is 1. The summed E-state index contributed by atoms with van der Waals surface area (Å²) in [5, 5.41) is 1.04. The zero-order valence-electron chi connectivity index (χ0n) is 16.8. The SMILES string of the molecule is COc1cccc(CN(C)C(=O)c2cc3ccc(-c4ccncc4)cc3n2C)c1. The van der Waals surface area contributed by atoms with Crippen LogP contribution in [0.2, 0.25) is 0 Å². The maximum Gasteiger partial charge on any atom is 0.270 e. The summed E-state index contributed by atoms with van der Waals surface area (Å²) in [4.78, 5) is 18.9. The molecule has 0 atom stereocenters. The minimum Gasteiger partial charge on any atom is -0.497 e. The maximum atomic E-state index is 13.1. The second-order valence-electron chi connectivity index (χ2n) is 7.11. The maximum absolute atomic E-state index is 13.1. The highest BCUT2D eigenvalue weighted by molar-refractivity contribution is 5.99. The molecule has 0 spiro atoms. The molecular weight excluding hydrogens is 362 g/mol. The highest BCUT2D eigenvalue weighted by Crippen LogP contribution is 2.27. The van der Waals surface area contributed by atoms with Gasteiger partial charge in [-0.1, -0.05) is 24.3 Å². The molecule has 4 aromatic rings. The smallest absolute Gasteiger partial charge is 0.270 e. The summed E-state index contributed by atoms with van der Waals surface area (Å²) in [5.74, 6) is 0.772. The van der Waals surface area contributed by atoms with Gasteiger partial charge in [-0.15, -0.1) is 0 Å². The van der Waals surface area contributed by atoms with Crippen LogP contribution in [0.3, 0.4) is 0 Å². The van der Waals surface area contributed by atoms with Crippen LogP contribution in [-0.4, -0.2) is 34.5 Å². The van der Waals surface area contributed by atoms with E-state index >= 15 is 0 Å². The van der Waals surface area contributed by atoms with Crippen molar-refractivity contribution in [3.63, 3.8) is 0 Å². The Morgan fingerprint density at radius 3 is 2.59 bits per heavy atom. The fourth-order valence-corrected chi connectivity index (χ4v) is 3.57. The van der Waals surface area contributed by atoms with Crippen molar-refractivity contribution >= 4 is 16.8 Å². The number of rotatable bonds is 5. The highest BCUT2D eigenvalue weighted by Gasteiger charge is 2.18. The van der Waals surface area contributed by atoms with Gasteiger partial charge in [0.05, 0.1) is 7.11 Å². The molecule has 5 heteroatoms. The van der Waals surface area contributed by atoms with Crippen LogP contribution in [0.15, 0.2) is 73.1 Å². The molecule has 0 aliphatic rings. The van der Waals surface area contributed by atoms with E-state index in [-0.39, 0.29) is 5.91 Å². The molecule has 0 saturated carbocycles. The summed E-state index contributed by atoms with van der Waals surface area (Å²) >= 11 is 0. The molecule has 0 fully saturated rings. The van der Waals surface area contributed by atoms with Crippen LogP contribution in [0.4, 0.5) is 0 Å². The molecule has 0 N–H and O–H groups in total. The molecule has 0 unspecified atom stereocenters. The zero-order valence-corrected chi connectivity index (χ0v) is 16.8. The van der Waals surface area contributed by atoms with E-state index in [9.17, 15) is 4.79 Å². The van der Waals surface area contributed by atoms with Crippen LogP contribution in [0.25, 0.3) is 22.0 Å². The van der Waals surface area contributed by atoms with Crippen LogP contribution in [0, 0.1) is 0 Å². The Morgan fingerprint density at radius 2 is 1.83 bits per heavy atom. The zero-order chi connectivity index (χ0) is 20.4. The monoisotopic (exact) mass is 385 g/mol. The predicted octanol–water partition coefficient (Wildman–Crippen LogP) is 4.52. The summed E-state index contributed by atoms with van der Waals surface area (Å²) in [6.07, 6.45) is 3.57. The van der Waals surface area contributed by atoms with E-state index in [2.05, 4.69) is 23.2 Å². The molecule has 0 aliphatic heterocycles. The van der Waals surface area contributed by atoms with Crippen molar-refractivity contribution in [3.8, 4) is 16.9 Å². The van der Waals surface area contributed by atoms with Crippen molar-refractivity contribution in [2.24, 2.45) is 7.05 Å². The minimum atomic E-state index is -0.0167. The number of benzene rings is 2. The molecule has 0 bridgehead atoms. The number of aromatic nitrogens is 2. The van der Waals surface area contributed by atoms with Gasteiger partial charge in [-0.25, -0.2) is 0 Å². The van der Waals surface area contributed by atoms with Gasteiger partial charge in [0.1, 0.15) is 11.4 Å². The third kappa shape index (κ3) is 3.72. The van der Waals surface area contributed by atoms with Crippen molar-refractivity contribution in [2.45, 2.75) is 6.54 Å². The number of amides is 1. The summed E-state index contributed by atoms with van der Waals surface area (Å²) in [5.41, 5.74) is 4.92. The Kier molecular flexibility index (Phi) is 5.04. The highest BCUT2D eigenvalue weighted by atomic mass is 16.5. The lowest BCUT2D eigenvalue weighted by molar-refractivity contribution is 0.0776. The van der Waals surface area contributed by atoms with Crippen molar-refractivity contribution in [1.82, 2.24) is 14.5 Å². The summed E-state index contributed by atoms with van der Waals surface area (Å²) in [7, 11) is 5.40. The Labute approximate surface area is 170 Å². The predicted molar refractivity (Wildman–Crippen MR) is 115 cm³/mol. The normalized spacial score (nSPS) is 10.9. The third-order valence-corrected chi connectivity index (χ3v) is 5.18. The first-order valence-electron chi connectivity index (χ1n) is 9.45. The number of fused-ring (bicyclic) bond motifs is 1. The third-order valence-electron chi connectivity index (χ3n) is 5.18. The molecule has 5 nitrogen and oxygen atoms in total. The summed E-state index contributed by atoms with van der Waals surface area (Å²) in [6.45, 7) is 0.514. The van der Waals surface area contributed by atoms with Gasteiger partial charge in [-0.2, -0.15) is 0 Å². The van der Waals surface area contributed by atoms with Gasteiger partial charge in [0.25, 0.3) is 5.91 Å². The van der Waals surface area contributed by atoms with Gasteiger partial charge in [0.2, 0.25) is 0 Å². The van der Waals surface area contributed by atoms with Gasteiger partial charge in [-0.3, -0.25) is 9.78 Å². The first kappa shape index (κ1) is 18.7. The fourth-order valence-electron chi connectivity index (χ4n) is 3.57. The lowest BCUT2D eigenvalue weighted by Crippen LogP contribution is -2.27. The van der Waals surface area contributed by atoms with Gasteiger partial charge in [0.15, 0.2) is 0 Å². The second-order valence-corrected chi connectivity index (χ2v) is 7.11. The van der Waals surface area contributed by atoms with Crippen molar-refractivity contribution in [1.29, 1.82) is 0 Å². The minimum absolute atomic E-state index is 0.0167. The second kappa shape index (κ2) is 7.80. The van der Waals surface area contributed by atoms with Crippen LogP contribution in [0.1, 0.15) is 16.1 Å². The van der Waals surface area contributed by atoms with E-state index in [0.717, 1.165) is 33.3 Å². The van der Waals surface area contributed by atoms with E-state index in [0.29, 0.717) is 12.2 Å². The number of ether oxygens (including phenoxy) is 1. The number of hydrogen-bond donors (Lipinski definition) is 0. The summed E-state index contributed by atoms with van der Waals surface area (Å²) < 4.78 is 7.24. The van der Waals surface area contributed by atoms with Crippen molar-refractivity contribution in [2.75, 3.05) is 14.2 Å². The Balaban J connectivity index is 1.62. The number of nitrogens with zero attached hydrogens (tertiary/aromatic N) is 3. The number of aryl methyl sites for hydroxylation is 1. The van der Waals surface area contributed by atoms with Crippen molar-refractivity contribution < 1.29 is 9.53 Å². The van der Waals surface area contributed by atoms with E-state index in [1.807, 2.05) is 61.1 Å².